The molecule has 0 aromatic heterocycles. The first-order chi connectivity index (χ1) is 6.02. The molecule has 4 nitrogen and oxygen atoms in total. The molecule has 0 aliphatic rings. The number of nitrogens with zero attached hydrogens (tertiary/aromatic N) is 2. The third-order valence-electron chi connectivity index (χ3n) is 1.39. The van der Waals surface area contributed by atoms with Crippen molar-refractivity contribution in [2.45, 2.75) is 13.8 Å². The first kappa shape index (κ1) is 10.9. The molecule has 0 unspecified atom stereocenters. The molecular formula is C9H8N2O2. The van der Waals surface area contributed by atoms with E-state index in [-0.39, 0.29) is 11.1 Å². The SMILES string of the molecule is CC(/C=C(/C)C(=O)O)=C(C#N)C#N. The number of aliphatic carboxylic acids is 1. The molecule has 0 radical (unpaired) electrons. The third kappa shape index (κ3) is 3.22. The standard InChI is InChI=1S/C9H8N2O2/c1-6(8(4-10)5-11)3-7(2)9(12)13/h3H,1-2H3,(H,12,13)/b7-3-. The quantitative estimate of drug-likeness (QED) is 0.391. The van der Waals surface area contributed by atoms with E-state index >= 15 is 0 Å². The van der Waals surface area contributed by atoms with Crippen LogP contribution >= 0.6 is 0 Å². The number of allylic oxidation sites excluding steroid dienone is 3. The highest BCUT2D eigenvalue weighted by Crippen LogP contribution is 2.06. The van der Waals surface area contributed by atoms with E-state index in [0.717, 1.165) is 0 Å². The van der Waals surface area contributed by atoms with Gasteiger partial charge >= 0.3 is 5.97 Å². The smallest absolute Gasteiger partial charge is 0.331 e. The molecule has 0 rings (SSSR count). The molecule has 0 heterocycles. The normalized spacial score (nSPS) is 9.69. The molecule has 0 bridgehead atoms. The number of hydrogen-bond donors (Lipinski definition) is 1. The molecule has 1 N–H and O–H groups in total. The van der Waals surface area contributed by atoms with Crippen molar-refractivity contribution in [3.63, 3.8) is 0 Å². The van der Waals surface area contributed by atoms with E-state index in [9.17, 15) is 4.79 Å². The number of carboxylic acids is 1. The summed E-state index contributed by atoms with van der Waals surface area (Å²) in [5.41, 5.74) is 0.394. The van der Waals surface area contributed by atoms with Gasteiger partial charge in [0.1, 0.15) is 17.7 Å². The number of carbonyl (C=O) groups is 1. The van der Waals surface area contributed by atoms with Crippen molar-refractivity contribution in [1.82, 2.24) is 0 Å². The van der Waals surface area contributed by atoms with Crippen molar-refractivity contribution in [2.24, 2.45) is 0 Å². The summed E-state index contributed by atoms with van der Waals surface area (Å²) < 4.78 is 0. The molecule has 0 aromatic rings. The molecule has 0 saturated heterocycles. The maximum absolute atomic E-state index is 10.4. The van der Waals surface area contributed by atoms with Crippen molar-refractivity contribution < 1.29 is 9.90 Å². The van der Waals surface area contributed by atoms with E-state index in [1.807, 2.05) is 0 Å². The van der Waals surface area contributed by atoms with Gasteiger partial charge < -0.3 is 5.11 Å². The highest BCUT2D eigenvalue weighted by Gasteiger charge is 2.02. The molecule has 13 heavy (non-hydrogen) atoms. The summed E-state index contributed by atoms with van der Waals surface area (Å²) in [4.78, 5) is 10.4. The second-order valence-corrected chi connectivity index (χ2v) is 2.41. The number of hydrogen-bond acceptors (Lipinski definition) is 3. The van der Waals surface area contributed by atoms with Crippen LogP contribution in [-0.4, -0.2) is 11.1 Å². The Morgan fingerprint density at radius 2 is 1.77 bits per heavy atom. The summed E-state index contributed by atoms with van der Waals surface area (Å²) in [5, 5.41) is 25.4. The van der Waals surface area contributed by atoms with Gasteiger partial charge in [0.15, 0.2) is 0 Å². The van der Waals surface area contributed by atoms with Crippen LogP contribution in [0.3, 0.4) is 0 Å². The molecule has 0 aliphatic heterocycles. The Kier molecular flexibility index (Phi) is 3.98. The Hall–Kier alpha value is -2.07. The lowest BCUT2D eigenvalue weighted by molar-refractivity contribution is -0.132. The Bertz CT molecular complexity index is 348. The Labute approximate surface area is 76.0 Å². The Morgan fingerprint density at radius 1 is 1.31 bits per heavy atom. The van der Waals surface area contributed by atoms with Gasteiger partial charge in [-0.25, -0.2) is 4.79 Å². The van der Waals surface area contributed by atoms with Crippen LogP contribution in [0.1, 0.15) is 13.8 Å². The molecule has 0 aromatic carbocycles. The molecule has 4 heteroatoms. The molecule has 0 atom stereocenters. The first-order valence-electron chi connectivity index (χ1n) is 3.45. The third-order valence-corrected chi connectivity index (χ3v) is 1.39. The number of carboxylic acid groups (broad SMARTS) is 1. The zero-order chi connectivity index (χ0) is 10.4. The van der Waals surface area contributed by atoms with E-state index in [2.05, 4.69) is 0 Å². The summed E-state index contributed by atoms with van der Waals surface area (Å²) in [6.07, 6.45) is 1.30. The predicted octanol–water partition coefficient (Wildman–Crippen LogP) is 1.38. The van der Waals surface area contributed by atoms with E-state index in [4.69, 9.17) is 15.6 Å². The summed E-state index contributed by atoms with van der Waals surface area (Å²) >= 11 is 0. The van der Waals surface area contributed by atoms with Gasteiger partial charge in [0, 0.05) is 5.57 Å². The van der Waals surface area contributed by atoms with Gasteiger partial charge in [-0.2, -0.15) is 10.5 Å². The zero-order valence-electron chi connectivity index (χ0n) is 7.33. The van der Waals surface area contributed by atoms with Crippen LogP contribution in [0.15, 0.2) is 22.8 Å². The van der Waals surface area contributed by atoms with E-state index in [1.54, 1.807) is 12.1 Å². The Morgan fingerprint density at radius 3 is 2.08 bits per heavy atom. The number of rotatable bonds is 2. The lowest BCUT2D eigenvalue weighted by Gasteiger charge is -1.93. The zero-order valence-corrected chi connectivity index (χ0v) is 7.33. The Balaban J connectivity index is 5.07. The predicted molar refractivity (Wildman–Crippen MR) is 45.3 cm³/mol. The van der Waals surface area contributed by atoms with Crippen molar-refractivity contribution in [1.29, 1.82) is 10.5 Å². The number of nitriles is 2. The highest BCUT2D eigenvalue weighted by atomic mass is 16.4. The average molecular weight is 176 g/mol. The molecule has 0 saturated carbocycles. The summed E-state index contributed by atoms with van der Waals surface area (Å²) in [6.45, 7) is 2.92. The van der Waals surface area contributed by atoms with E-state index in [1.165, 1.54) is 19.9 Å². The first-order valence-corrected chi connectivity index (χ1v) is 3.45. The molecule has 66 valence electrons. The minimum absolute atomic E-state index is 0.0689. The van der Waals surface area contributed by atoms with E-state index in [0.29, 0.717) is 5.57 Å². The van der Waals surface area contributed by atoms with E-state index < -0.39 is 5.97 Å². The van der Waals surface area contributed by atoms with Crippen LogP contribution in [0.25, 0.3) is 0 Å². The van der Waals surface area contributed by atoms with Gasteiger partial charge in [0.2, 0.25) is 0 Å². The van der Waals surface area contributed by atoms with Crippen LogP contribution in [0, 0.1) is 22.7 Å². The average Bonchev–Trinajstić information content (AvgIpc) is 2.06. The van der Waals surface area contributed by atoms with Crippen LogP contribution in [-0.2, 0) is 4.79 Å². The molecule has 0 spiro atoms. The van der Waals surface area contributed by atoms with Crippen LogP contribution < -0.4 is 0 Å². The second-order valence-electron chi connectivity index (χ2n) is 2.41. The van der Waals surface area contributed by atoms with Crippen LogP contribution in [0.4, 0.5) is 0 Å². The van der Waals surface area contributed by atoms with Gasteiger partial charge in [-0.15, -0.1) is 0 Å². The molecule has 0 fully saturated rings. The molecule has 0 aliphatic carbocycles. The van der Waals surface area contributed by atoms with Gasteiger partial charge in [-0.05, 0) is 25.5 Å². The van der Waals surface area contributed by atoms with Gasteiger partial charge in [0.05, 0.1) is 0 Å². The summed E-state index contributed by atoms with van der Waals surface area (Å²) in [5.74, 6) is -1.06. The minimum Gasteiger partial charge on any atom is -0.478 e. The largest absolute Gasteiger partial charge is 0.478 e. The fourth-order valence-electron chi connectivity index (χ4n) is 0.660. The maximum Gasteiger partial charge on any atom is 0.331 e. The van der Waals surface area contributed by atoms with Gasteiger partial charge in [-0.1, -0.05) is 0 Å². The molecule has 0 amide bonds. The van der Waals surface area contributed by atoms with Crippen molar-refractivity contribution in [3.8, 4) is 12.1 Å². The van der Waals surface area contributed by atoms with Crippen LogP contribution in [0.5, 0.6) is 0 Å². The lowest BCUT2D eigenvalue weighted by Crippen LogP contribution is -1.96. The fourth-order valence-corrected chi connectivity index (χ4v) is 0.660. The monoisotopic (exact) mass is 176 g/mol. The summed E-state index contributed by atoms with van der Waals surface area (Å²) in [7, 11) is 0. The van der Waals surface area contributed by atoms with Crippen molar-refractivity contribution in [3.05, 3.63) is 22.8 Å². The van der Waals surface area contributed by atoms with Gasteiger partial charge in [-0.3, -0.25) is 0 Å². The second kappa shape index (κ2) is 4.74. The summed E-state index contributed by atoms with van der Waals surface area (Å²) in [6, 6.07) is 3.35. The topological polar surface area (TPSA) is 84.9 Å². The van der Waals surface area contributed by atoms with Crippen molar-refractivity contribution >= 4 is 5.97 Å². The van der Waals surface area contributed by atoms with Gasteiger partial charge in [0.25, 0.3) is 0 Å². The lowest BCUT2D eigenvalue weighted by atomic mass is 10.1. The van der Waals surface area contributed by atoms with Crippen LogP contribution in [0.2, 0.25) is 0 Å². The minimum atomic E-state index is -1.06. The molecular weight excluding hydrogens is 168 g/mol. The van der Waals surface area contributed by atoms with Crippen molar-refractivity contribution in [2.75, 3.05) is 0 Å². The fraction of sp³-hybridized carbons (Fsp3) is 0.222. The highest BCUT2D eigenvalue weighted by molar-refractivity contribution is 5.86. The maximum atomic E-state index is 10.4.